The number of nitrogens with zero attached hydrogens (tertiary/aromatic N) is 3. The molecule has 0 saturated carbocycles. The summed E-state index contributed by atoms with van der Waals surface area (Å²) in [7, 11) is 0. The topological polar surface area (TPSA) is 47.3 Å². The highest BCUT2D eigenvalue weighted by Gasteiger charge is 2.17. The van der Waals surface area contributed by atoms with Gasteiger partial charge >= 0.3 is 6.03 Å². The van der Waals surface area contributed by atoms with Gasteiger partial charge in [-0.05, 0) is 0 Å². The van der Waals surface area contributed by atoms with E-state index in [0.717, 1.165) is 4.90 Å². The van der Waals surface area contributed by atoms with Gasteiger partial charge in [-0.15, -0.1) is 19.7 Å². The molecule has 2 amide bonds. The van der Waals surface area contributed by atoms with Crippen molar-refractivity contribution in [3.8, 4) is 6.19 Å². The van der Waals surface area contributed by atoms with Gasteiger partial charge in [-0.1, -0.05) is 18.2 Å². The maximum absolute atomic E-state index is 11.7. The van der Waals surface area contributed by atoms with E-state index in [2.05, 4.69) is 19.7 Å². The molecular formula is C11H15N3O. The first-order valence-corrected chi connectivity index (χ1v) is 4.50. The summed E-state index contributed by atoms with van der Waals surface area (Å²) in [6.07, 6.45) is 6.51. The Morgan fingerprint density at radius 2 is 1.60 bits per heavy atom. The Bertz CT molecular complexity index is 281. The maximum atomic E-state index is 11.7. The first-order valence-electron chi connectivity index (χ1n) is 4.50. The highest BCUT2D eigenvalue weighted by molar-refractivity contribution is 5.76. The Labute approximate surface area is 90.4 Å². The van der Waals surface area contributed by atoms with Crippen LogP contribution in [0.1, 0.15) is 0 Å². The fourth-order valence-electron chi connectivity index (χ4n) is 1.00. The van der Waals surface area contributed by atoms with Gasteiger partial charge in [0, 0.05) is 13.1 Å². The number of nitriles is 1. The van der Waals surface area contributed by atoms with Crippen LogP contribution in [0.25, 0.3) is 0 Å². The van der Waals surface area contributed by atoms with Crippen LogP contribution in [0.2, 0.25) is 0 Å². The molecule has 0 aliphatic rings. The minimum absolute atomic E-state index is 0.208. The Morgan fingerprint density at radius 1 is 1.13 bits per heavy atom. The molecule has 0 fully saturated rings. The van der Waals surface area contributed by atoms with Gasteiger partial charge in [0.1, 0.15) is 0 Å². The number of urea groups is 1. The molecule has 0 N–H and O–H groups in total. The molecule has 0 heterocycles. The molecular weight excluding hydrogens is 190 g/mol. The number of carbonyl (C=O) groups excluding carboxylic acids is 1. The van der Waals surface area contributed by atoms with E-state index in [1.807, 2.05) is 0 Å². The third-order valence-corrected chi connectivity index (χ3v) is 1.63. The first kappa shape index (κ1) is 13.0. The van der Waals surface area contributed by atoms with E-state index in [4.69, 9.17) is 5.26 Å². The summed E-state index contributed by atoms with van der Waals surface area (Å²) < 4.78 is 0. The quantitative estimate of drug-likeness (QED) is 0.377. The van der Waals surface area contributed by atoms with Crippen LogP contribution in [0.5, 0.6) is 0 Å². The van der Waals surface area contributed by atoms with Gasteiger partial charge in [0.2, 0.25) is 0 Å². The van der Waals surface area contributed by atoms with Crippen molar-refractivity contribution in [1.29, 1.82) is 5.26 Å². The van der Waals surface area contributed by atoms with Crippen LogP contribution in [-0.2, 0) is 0 Å². The van der Waals surface area contributed by atoms with Crippen LogP contribution in [-0.4, -0.2) is 35.5 Å². The van der Waals surface area contributed by atoms with Crippen molar-refractivity contribution >= 4 is 6.03 Å². The van der Waals surface area contributed by atoms with E-state index < -0.39 is 0 Å². The van der Waals surface area contributed by atoms with Crippen LogP contribution in [0.4, 0.5) is 4.79 Å². The molecule has 0 aromatic rings. The average molecular weight is 205 g/mol. The van der Waals surface area contributed by atoms with E-state index in [1.54, 1.807) is 18.3 Å². The maximum Gasteiger partial charge on any atom is 0.334 e. The third kappa shape index (κ3) is 4.14. The van der Waals surface area contributed by atoms with Gasteiger partial charge in [-0.3, -0.25) is 0 Å². The predicted octanol–water partition coefficient (Wildman–Crippen LogP) is 1.75. The normalized spacial score (nSPS) is 8.47. The Morgan fingerprint density at radius 3 is 1.93 bits per heavy atom. The van der Waals surface area contributed by atoms with Crippen molar-refractivity contribution in [2.45, 2.75) is 0 Å². The summed E-state index contributed by atoms with van der Waals surface area (Å²) >= 11 is 0. The molecule has 0 rings (SSSR count). The lowest BCUT2D eigenvalue weighted by molar-refractivity contribution is 0.185. The number of hydrogen-bond acceptors (Lipinski definition) is 2. The fraction of sp³-hybridized carbons (Fsp3) is 0.273. The lowest BCUT2D eigenvalue weighted by atomic mass is 10.4. The molecule has 0 unspecified atom stereocenters. The smallest absolute Gasteiger partial charge is 0.316 e. The average Bonchev–Trinajstić information content (AvgIpc) is 2.24. The van der Waals surface area contributed by atoms with Crippen LogP contribution >= 0.6 is 0 Å². The van der Waals surface area contributed by atoms with E-state index in [9.17, 15) is 4.79 Å². The number of hydrogen-bond donors (Lipinski definition) is 0. The van der Waals surface area contributed by atoms with Crippen molar-refractivity contribution in [1.82, 2.24) is 9.80 Å². The van der Waals surface area contributed by atoms with Gasteiger partial charge in [0.25, 0.3) is 0 Å². The summed E-state index contributed by atoms with van der Waals surface area (Å²) in [4.78, 5) is 14.2. The lowest BCUT2D eigenvalue weighted by Gasteiger charge is -2.23. The highest BCUT2D eigenvalue weighted by Crippen LogP contribution is 1.99. The van der Waals surface area contributed by atoms with Crippen LogP contribution in [0.15, 0.2) is 38.0 Å². The molecule has 0 aromatic heterocycles. The molecule has 0 aromatic carbocycles. The van der Waals surface area contributed by atoms with Crippen LogP contribution < -0.4 is 0 Å². The molecule has 0 aliphatic carbocycles. The monoisotopic (exact) mass is 205 g/mol. The van der Waals surface area contributed by atoms with E-state index >= 15 is 0 Å². The third-order valence-electron chi connectivity index (χ3n) is 1.63. The highest BCUT2D eigenvalue weighted by atomic mass is 16.2. The Hall–Kier alpha value is -2.02. The van der Waals surface area contributed by atoms with Gasteiger partial charge in [-0.25, -0.2) is 9.69 Å². The minimum Gasteiger partial charge on any atom is -0.316 e. The molecule has 0 radical (unpaired) electrons. The second-order valence-corrected chi connectivity index (χ2v) is 2.76. The zero-order valence-corrected chi connectivity index (χ0v) is 8.72. The van der Waals surface area contributed by atoms with Crippen molar-refractivity contribution in [2.24, 2.45) is 0 Å². The van der Waals surface area contributed by atoms with Gasteiger partial charge in [0.15, 0.2) is 6.19 Å². The molecule has 80 valence electrons. The Balaban J connectivity index is 4.58. The molecule has 0 aliphatic heterocycles. The first-order chi connectivity index (χ1) is 7.21. The van der Waals surface area contributed by atoms with Crippen molar-refractivity contribution < 1.29 is 4.79 Å². The predicted molar refractivity (Wildman–Crippen MR) is 59.9 cm³/mol. The van der Waals surface area contributed by atoms with E-state index in [1.165, 1.54) is 11.0 Å². The SMILES string of the molecule is C=CCN(C#N)C(=O)N(CC=C)CC=C. The summed E-state index contributed by atoms with van der Waals surface area (Å²) in [5.41, 5.74) is 0. The van der Waals surface area contributed by atoms with Gasteiger partial charge in [-0.2, -0.15) is 5.26 Å². The Kier molecular flexibility index (Phi) is 6.39. The standard InChI is InChI=1S/C11H15N3O/c1-4-7-13(8-5-2)11(15)14(10-12)9-6-3/h4-6H,1-3,7-9H2. The molecule has 15 heavy (non-hydrogen) atoms. The van der Waals surface area contributed by atoms with Gasteiger partial charge < -0.3 is 4.90 Å². The zero-order valence-electron chi connectivity index (χ0n) is 8.72. The fourth-order valence-corrected chi connectivity index (χ4v) is 1.00. The zero-order chi connectivity index (χ0) is 11.7. The molecule has 4 heteroatoms. The van der Waals surface area contributed by atoms with Gasteiger partial charge in [0.05, 0.1) is 6.54 Å². The molecule has 4 nitrogen and oxygen atoms in total. The molecule has 0 saturated heterocycles. The summed E-state index contributed by atoms with van der Waals surface area (Å²) in [6.45, 7) is 11.6. The van der Waals surface area contributed by atoms with E-state index in [0.29, 0.717) is 13.1 Å². The van der Waals surface area contributed by atoms with Crippen molar-refractivity contribution in [3.05, 3.63) is 38.0 Å². The molecule has 0 bridgehead atoms. The number of amides is 2. The summed E-state index contributed by atoms with van der Waals surface area (Å²) in [5, 5.41) is 8.74. The molecule has 0 atom stereocenters. The summed E-state index contributed by atoms with van der Waals surface area (Å²) in [5.74, 6) is 0. The number of rotatable bonds is 6. The second-order valence-electron chi connectivity index (χ2n) is 2.76. The minimum atomic E-state index is -0.364. The number of carbonyl (C=O) groups is 1. The summed E-state index contributed by atoms with van der Waals surface area (Å²) in [6, 6.07) is -0.364. The second kappa shape index (κ2) is 7.39. The van der Waals surface area contributed by atoms with Crippen molar-refractivity contribution in [2.75, 3.05) is 19.6 Å². The largest absolute Gasteiger partial charge is 0.334 e. The lowest BCUT2D eigenvalue weighted by Crippen LogP contribution is -2.41. The van der Waals surface area contributed by atoms with E-state index in [-0.39, 0.29) is 12.6 Å². The molecule has 0 spiro atoms. The van der Waals surface area contributed by atoms with Crippen LogP contribution in [0, 0.1) is 11.5 Å². The van der Waals surface area contributed by atoms with Crippen LogP contribution in [0.3, 0.4) is 0 Å². The van der Waals surface area contributed by atoms with Crippen molar-refractivity contribution in [3.63, 3.8) is 0 Å².